The molecule has 0 aliphatic carbocycles. The van der Waals surface area contributed by atoms with Crippen LogP contribution in [-0.4, -0.2) is 24.1 Å². The van der Waals surface area contributed by atoms with E-state index in [1.165, 1.54) is 24.4 Å². The molecular weight excluding hydrogens is 349 g/mol. The van der Waals surface area contributed by atoms with Crippen molar-refractivity contribution in [1.29, 1.82) is 0 Å². The van der Waals surface area contributed by atoms with E-state index in [0.717, 1.165) is 5.69 Å². The number of rotatable bonds is 4. The number of halogens is 1. The van der Waals surface area contributed by atoms with Crippen molar-refractivity contribution in [3.63, 3.8) is 0 Å². The molecule has 0 saturated heterocycles. The molecule has 0 fully saturated rings. The van der Waals surface area contributed by atoms with Gasteiger partial charge in [-0.15, -0.1) is 0 Å². The molecule has 1 amide bonds. The Kier molecular flexibility index (Phi) is 4.57. The fourth-order valence-electron chi connectivity index (χ4n) is 2.64. The fourth-order valence-corrected chi connectivity index (χ4v) is 2.64. The topological polar surface area (TPSA) is 72.5 Å². The van der Waals surface area contributed by atoms with Crippen LogP contribution in [0.5, 0.6) is 11.5 Å². The van der Waals surface area contributed by atoms with Crippen LogP contribution in [-0.2, 0) is 0 Å². The molecule has 0 bridgehead atoms. The first-order valence-electron chi connectivity index (χ1n) is 8.37. The maximum atomic E-state index is 13.2. The van der Waals surface area contributed by atoms with E-state index in [1.807, 2.05) is 18.2 Å². The molecule has 2 heterocycles. The van der Waals surface area contributed by atoms with Crippen LogP contribution >= 0.6 is 0 Å². The van der Waals surface area contributed by atoms with Gasteiger partial charge in [0.15, 0.2) is 11.5 Å². The van der Waals surface area contributed by atoms with Gasteiger partial charge in [0.25, 0.3) is 5.91 Å². The summed E-state index contributed by atoms with van der Waals surface area (Å²) >= 11 is 0. The number of benzene rings is 2. The summed E-state index contributed by atoms with van der Waals surface area (Å²) in [5, 5.41) is 5.78. The van der Waals surface area contributed by atoms with Crippen LogP contribution in [0.3, 0.4) is 0 Å². The van der Waals surface area contributed by atoms with Crippen molar-refractivity contribution in [2.75, 3.05) is 23.8 Å². The summed E-state index contributed by atoms with van der Waals surface area (Å²) in [5.74, 6) is 1.19. The molecule has 0 radical (unpaired) electrons. The van der Waals surface area contributed by atoms with E-state index >= 15 is 0 Å². The number of nitrogens with one attached hydrogen (secondary N) is 2. The van der Waals surface area contributed by atoms with Crippen LogP contribution in [0, 0.1) is 5.82 Å². The number of amides is 1. The zero-order valence-corrected chi connectivity index (χ0v) is 14.2. The third-order valence-corrected chi connectivity index (χ3v) is 3.92. The van der Waals surface area contributed by atoms with Gasteiger partial charge in [-0.25, -0.2) is 9.37 Å². The Morgan fingerprint density at radius 2 is 1.81 bits per heavy atom. The summed E-state index contributed by atoms with van der Waals surface area (Å²) in [5.41, 5.74) is 1.55. The molecule has 136 valence electrons. The van der Waals surface area contributed by atoms with Crippen molar-refractivity contribution in [2.45, 2.75) is 0 Å². The minimum absolute atomic E-state index is 0.362. The van der Waals surface area contributed by atoms with Gasteiger partial charge in [-0.2, -0.15) is 0 Å². The van der Waals surface area contributed by atoms with Gasteiger partial charge in [0.2, 0.25) is 0 Å². The predicted octanol–water partition coefficient (Wildman–Crippen LogP) is 3.99. The Labute approximate surface area is 155 Å². The number of carbonyl (C=O) groups excluding carboxylic acids is 1. The van der Waals surface area contributed by atoms with Crippen molar-refractivity contribution >= 4 is 23.1 Å². The molecular formula is C20H16FN3O3. The quantitative estimate of drug-likeness (QED) is 0.731. The molecule has 3 aromatic rings. The number of hydrogen-bond acceptors (Lipinski definition) is 5. The van der Waals surface area contributed by atoms with E-state index in [2.05, 4.69) is 15.6 Å². The van der Waals surface area contributed by atoms with E-state index in [4.69, 9.17) is 9.47 Å². The average Bonchev–Trinajstić information content (AvgIpc) is 2.68. The lowest BCUT2D eigenvalue weighted by atomic mass is 10.2. The molecule has 27 heavy (non-hydrogen) atoms. The molecule has 0 unspecified atom stereocenters. The first kappa shape index (κ1) is 16.8. The maximum absolute atomic E-state index is 13.2. The summed E-state index contributed by atoms with van der Waals surface area (Å²) in [7, 11) is 0. The van der Waals surface area contributed by atoms with Gasteiger partial charge >= 0.3 is 0 Å². The summed E-state index contributed by atoms with van der Waals surface area (Å²) in [6, 6.07) is 14.6. The Hall–Kier alpha value is -3.61. The molecule has 1 aliphatic rings. The third-order valence-electron chi connectivity index (χ3n) is 3.92. The molecule has 2 aromatic carbocycles. The van der Waals surface area contributed by atoms with E-state index in [-0.39, 0.29) is 5.91 Å². The lowest BCUT2D eigenvalue weighted by molar-refractivity contribution is 0.102. The Bertz CT molecular complexity index is 976. The Morgan fingerprint density at radius 3 is 2.59 bits per heavy atom. The maximum Gasteiger partial charge on any atom is 0.257 e. The number of aromatic nitrogens is 1. The molecule has 1 aliphatic heterocycles. The zero-order chi connectivity index (χ0) is 18.6. The van der Waals surface area contributed by atoms with Crippen molar-refractivity contribution in [3.05, 3.63) is 72.2 Å². The second kappa shape index (κ2) is 7.33. The van der Waals surface area contributed by atoms with Crippen LogP contribution in [0.4, 0.5) is 21.6 Å². The van der Waals surface area contributed by atoms with Gasteiger partial charge in [-0.05, 0) is 42.5 Å². The number of pyridine rings is 1. The molecule has 1 aromatic heterocycles. The van der Waals surface area contributed by atoms with E-state index in [9.17, 15) is 9.18 Å². The standard InChI is InChI=1S/C20H16FN3O3/c21-14-2-1-3-15(10-14)24-20(25)13-4-7-19(22-12-13)23-16-5-6-17-18(11-16)27-9-8-26-17/h1-7,10-12H,8-9H2,(H,22,23)(H,24,25). The lowest BCUT2D eigenvalue weighted by Gasteiger charge is -2.19. The summed E-state index contributed by atoms with van der Waals surface area (Å²) in [4.78, 5) is 16.5. The van der Waals surface area contributed by atoms with Gasteiger partial charge in [-0.1, -0.05) is 6.07 Å². The largest absolute Gasteiger partial charge is 0.486 e. The molecule has 7 heteroatoms. The van der Waals surface area contributed by atoms with Crippen LogP contribution in [0.25, 0.3) is 0 Å². The Morgan fingerprint density at radius 1 is 0.963 bits per heavy atom. The highest BCUT2D eigenvalue weighted by Gasteiger charge is 2.12. The van der Waals surface area contributed by atoms with Gasteiger partial charge in [0.05, 0.1) is 5.56 Å². The first-order chi connectivity index (χ1) is 13.2. The van der Waals surface area contributed by atoms with Gasteiger partial charge in [0.1, 0.15) is 24.8 Å². The molecule has 0 saturated carbocycles. The van der Waals surface area contributed by atoms with Crippen LogP contribution in [0.2, 0.25) is 0 Å². The first-order valence-corrected chi connectivity index (χ1v) is 8.37. The highest BCUT2D eigenvalue weighted by molar-refractivity contribution is 6.04. The predicted molar refractivity (Wildman–Crippen MR) is 99.3 cm³/mol. The number of fused-ring (bicyclic) bond motifs is 1. The third kappa shape index (κ3) is 3.98. The second-order valence-corrected chi connectivity index (χ2v) is 5.88. The molecule has 2 N–H and O–H groups in total. The number of hydrogen-bond donors (Lipinski definition) is 2. The molecule has 0 spiro atoms. The summed E-state index contributed by atoms with van der Waals surface area (Å²) in [6.07, 6.45) is 1.45. The van der Waals surface area contributed by atoms with E-state index < -0.39 is 5.82 Å². The summed E-state index contributed by atoms with van der Waals surface area (Å²) in [6.45, 7) is 1.06. The van der Waals surface area contributed by atoms with Gasteiger partial charge in [-0.3, -0.25) is 4.79 Å². The van der Waals surface area contributed by atoms with E-state index in [1.54, 1.807) is 18.2 Å². The second-order valence-electron chi connectivity index (χ2n) is 5.88. The minimum Gasteiger partial charge on any atom is -0.486 e. The zero-order valence-electron chi connectivity index (χ0n) is 14.2. The minimum atomic E-state index is -0.412. The molecule has 6 nitrogen and oxygen atoms in total. The highest BCUT2D eigenvalue weighted by atomic mass is 19.1. The van der Waals surface area contributed by atoms with Crippen LogP contribution in [0.1, 0.15) is 10.4 Å². The molecule has 4 rings (SSSR count). The SMILES string of the molecule is O=C(Nc1cccc(F)c1)c1ccc(Nc2ccc3c(c2)OCCO3)nc1. The number of ether oxygens (including phenoxy) is 2. The van der Waals surface area contributed by atoms with E-state index in [0.29, 0.717) is 41.8 Å². The van der Waals surface area contributed by atoms with Crippen LogP contribution in [0.15, 0.2) is 60.8 Å². The van der Waals surface area contributed by atoms with Crippen molar-refractivity contribution in [3.8, 4) is 11.5 Å². The number of carbonyl (C=O) groups is 1. The average molecular weight is 365 g/mol. The lowest BCUT2D eigenvalue weighted by Crippen LogP contribution is -2.15. The number of anilines is 3. The van der Waals surface area contributed by atoms with Crippen molar-refractivity contribution in [1.82, 2.24) is 4.98 Å². The smallest absolute Gasteiger partial charge is 0.257 e. The fraction of sp³-hybridized carbons (Fsp3) is 0.100. The monoisotopic (exact) mass is 365 g/mol. The molecule has 0 atom stereocenters. The van der Waals surface area contributed by atoms with Crippen LogP contribution < -0.4 is 20.1 Å². The van der Waals surface area contributed by atoms with Crippen molar-refractivity contribution < 1.29 is 18.7 Å². The Balaban J connectivity index is 1.43. The summed E-state index contributed by atoms with van der Waals surface area (Å²) < 4.78 is 24.2. The number of nitrogens with zero attached hydrogens (tertiary/aromatic N) is 1. The van der Waals surface area contributed by atoms with Gasteiger partial charge in [0, 0.05) is 23.6 Å². The van der Waals surface area contributed by atoms with Gasteiger partial charge < -0.3 is 20.1 Å². The highest BCUT2D eigenvalue weighted by Crippen LogP contribution is 2.33. The van der Waals surface area contributed by atoms with Crippen molar-refractivity contribution in [2.24, 2.45) is 0 Å². The normalized spacial score (nSPS) is 12.3.